The molecular weight excluding hydrogens is 422 g/mol. The maximum Gasteiger partial charge on any atom is 0.338 e. The molecule has 2 aromatic heterocycles. The Morgan fingerprint density at radius 1 is 0.938 bits per heavy atom. The van der Waals surface area contributed by atoms with Gasteiger partial charge in [-0.1, -0.05) is 24.3 Å². The number of anilines is 1. The Morgan fingerprint density at radius 2 is 1.66 bits per heavy atom. The topological polar surface area (TPSA) is 81.2 Å². The van der Waals surface area contributed by atoms with Gasteiger partial charge in [0.05, 0.1) is 24.3 Å². The number of rotatable bonds is 7. The van der Waals surface area contributed by atoms with E-state index in [9.17, 15) is 9.59 Å². The lowest BCUT2D eigenvalue weighted by molar-refractivity contribution is -0.115. The van der Waals surface area contributed by atoms with Crippen LogP contribution in [0.5, 0.6) is 0 Å². The Labute approximate surface area is 189 Å². The van der Waals surface area contributed by atoms with Crippen LogP contribution in [0.1, 0.15) is 22.8 Å². The molecule has 4 aromatic rings. The second-order valence-electron chi connectivity index (χ2n) is 6.99. The van der Waals surface area contributed by atoms with E-state index < -0.39 is 0 Å². The number of aromatic nitrogens is 2. The third-order valence-electron chi connectivity index (χ3n) is 4.73. The van der Waals surface area contributed by atoms with E-state index >= 15 is 0 Å². The first kappa shape index (κ1) is 21.4. The van der Waals surface area contributed by atoms with Crippen molar-refractivity contribution in [2.75, 3.05) is 11.9 Å². The van der Waals surface area contributed by atoms with E-state index in [0.717, 1.165) is 27.4 Å². The first-order valence-corrected chi connectivity index (χ1v) is 11.0. The van der Waals surface area contributed by atoms with Gasteiger partial charge < -0.3 is 10.1 Å². The molecule has 160 valence electrons. The second-order valence-corrected chi connectivity index (χ2v) is 7.85. The molecule has 1 amide bonds. The lowest BCUT2D eigenvalue weighted by Crippen LogP contribution is -2.14. The zero-order valence-corrected chi connectivity index (χ0v) is 18.3. The summed E-state index contributed by atoms with van der Waals surface area (Å²) in [7, 11) is 0. The molecule has 0 aliphatic rings. The molecule has 0 aliphatic heterocycles. The van der Waals surface area contributed by atoms with Gasteiger partial charge in [0.1, 0.15) is 5.01 Å². The van der Waals surface area contributed by atoms with Gasteiger partial charge in [0.15, 0.2) is 0 Å². The smallest absolute Gasteiger partial charge is 0.338 e. The van der Waals surface area contributed by atoms with Crippen LogP contribution in [0.4, 0.5) is 5.69 Å². The van der Waals surface area contributed by atoms with Gasteiger partial charge in [-0.25, -0.2) is 9.78 Å². The van der Waals surface area contributed by atoms with Crippen molar-refractivity contribution in [2.24, 2.45) is 0 Å². The molecule has 32 heavy (non-hydrogen) atoms. The third-order valence-corrected chi connectivity index (χ3v) is 5.62. The maximum absolute atomic E-state index is 12.4. The van der Waals surface area contributed by atoms with Gasteiger partial charge in [0, 0.05) is 34.6 Å². The second kappa shape index (κ2) is 9.98. The third kappa shape index (κ3) is 5.25. The van der Waals surface area contributed by atoms with E-state index in [0.29, 0.717) is 17.9 Å². The summed E-state index contributed by atoms with van der Waals surface area (Å²) in [6, 6.07) is 18.3. The molecule has 7 heteroatoms. The fraction of sp³-hybridized carbons (Fsp3) is 0.120. The maximum atomic E-state index is 12.4. The highest BCUT2D eigenvalue weighted by Crippen LogP contribution is 2.28. The molecule has 0 radical (unpaired) electrons. The zero-order valence-electron chi connectivity index (χ0n) is 17.4. The standard InChI is InChI=1S/C25H21N3O3S/c1-2-31-25(30)20-7-9-21(10-8-20)27-23(29)15-17-3-5-18(6-4-17)22-16-32-24(28-22)19-11-13-26-14-12-19/h3-14,16H,2,15H2,1H3,(H,27,29). The van der Waals surface area contributed by atoms with Crippen molar-refractivity contribution in [3.05, 3.63) is 89.6 Å². The summed E-state index contributed by atoms with van der Waals surface area (Å²) in [6.07, 6.45) is 3.76. The molecule has 1 N–H and O–H groups in total. The highest BCUT2D eigenvalue weighted by atomic mass is 32.1. The first-order chi connectivity index (χ1) is 15.6. The van der Waals surface area contributed by atoms with Gasteiger partial charge in [0.25, 0.3) is 0 Å². The molecule has 0 fully saturated rings. The van der Waals surface area contributed by atoms with E-state index in [1.807, 2.05) is 41.8 Å². The van der Waals surface area contributed by atoms with Crippen LogP contribution in [-0.2, 0) is 16.0 Å². The lowest BCUT2D eigenvalue weighted by Gasteiger charge is -2.07. The molecule has 0 atom stereocenters. The SMILES string of the molecule is CCOC(=O)c1ccc(NC(=O)Cc2ccc(-c3csc(-c4ccncc4)n3)cc2)cc1. The average molecular weight is 444 g/mol. The van der Waals surface area contributed by atoms with Crippen LogP contribution in [-0.4, -0.2) is 28.5 Å². The van der Waals surface area contributed by atoms with E-state index in [2.05, 4.69) is 10.3 Å². The summed E-state index contributed by atoms with van der Waals surface area (Å²) in [6.45, 7) is 2.08. The minimum atomic E-state index is -0.376. The number of carbonyl (C=O) groups excluding carboxylic acids is 2. The monoisotopic (exact) mass is 443 g/mol. The Balaban J connectivity index is 1.36. The largest absolute Gasteiger partial charge is 0.462 e. The molecule has 0 saturated carbocycles. The molecule has 2 aromatic carbocycles. The van der Waals surface area contributed by atoms with Crippen molar-refractivity contribution in [1.29, 1.82) is 0 Å². The quantitative estimate of drug-likeness (QED) is 0.396. The molecule has 2 heterocycles. The number of ether oxygens (including phenoxy) is 1. The molecular formula is C25H21N3O3S. The first-order valence-electron chi connectivity index (χ1n) is 10.1. The zero-order chi connectivity index (χ0) is 22.3. The number of esters is 1. The van der Waals surface area contributed by atoms with Crippen LogP contribution in [0.2, 0.25) is 0 Å². The number of amides is 1. The summed E-state index contributed by atoms with van der Waals surface area (Å²) < 4.78 is 4.96. The van der Waals surface area contributed by atoms with Gasteiger partial charge in [-0.3, -0.25) is 9.78 Å². The fourth-order valence-electron chi connectivity index (χ4n) is 3.12. The van der Waals surface area contributed by atoms with Gasteiger partial charge in [-0.05, 0) is 48.9 Å². The predicted octanol–water partition coefficient (Wildman–Crippen LogP) is 5.23. The summed E-state index contributed by atoms with van der Waals surface area (Å²) >= 11 is 1.59. The molecule has 0 saturated heterocycles. The van der Waals surface area contributed by atoms with Crippen LogP contribution in [0.15, 0.2) is 78.4 Å². The molecule has 0 spiro atoms. The Morgan fingerprint density at radius 3 is 2.34 bits per heavy atom. The number of thiazole rings is 1. The number of hydrogen-bond donors (Lipinski definition) is 1. The molecule has 6 nitrogen and oxygen atoms in total. The van der Waals surface area contributed by atoms with Gasteiger partial charge >= 0.3 is 5.97 Å². The number of carbonyl (C=O) groups is 2. The minimum absolute atomic E-state index is 0.129. The summed E-state index contributed by atoms with van der Waals surface area (Å²) in [5, 5.41) is 5.82. The summed E-state index contributed by atoms with van der Waals surface area (Å²) in [5.41, 5.74) is 4.93. The van der Waals surface area contributed by atoms with Crippen LogP contribution in [0.3, 0.4) is 0 Å². The highest BCUT2D eigenvalue weighted by molar-refractivity contribution is 7.13. The van der Waals surface area contributed by atoms with Crippen molar-refractivity contribution < 1.29 is 14.3 Å². The summed E-state index contributed by atoms with van der Waals surface area (Å²) in [5.74, 6) is -0.506. The Bertz CT molecular complexity index is 1200. The number of nitrogens with one attached hydrogen (secondary N) is 1. The Hall–Kier alpha value is -3.84. The average Bonchev–Trinajstić information content (AvgIpc) is 3.31. The molecule has 0 aliphatic carbocycles. The van der Waals surface area contributed by atoms with Crippen molar-refractivity contribution in [1.82, 2.24) is 9.97 Å². The van der Waals surface area contributed by atoms with Crippen molar-refractivity contribution in [2.45, 2.75) is 13.3 Å². The van der Waals surface area contributed by atoms with Crippen molar-refractivity contribution in [3.63, 3.8) is 0 Å². The molecule has 4 rings (SSSR count). The minimum Gasteiger partial charge on any atom is -0.462 e. The van der Waals surface area contributed by atoms with Crippen LogP contribution >= 0.6 is 11.3 Å². The van der Waals surface area contributed by atoms with Gasteiger partial charge in [-0.2, -0.15) is 0 Å². The number of nitrogens with zero attached hydrogens (tertiary/aromatic N) is 2. The Kier molecular flexibility index (Phi) is 6.67. The number of hydrogen-bond acceptors (Lipinski definition) is 6. The van der Waals surface area contributed by atoms with Crippen molar-refractivity contribution >= 4 is 28.9 Å². The van der Waals surface area contributed by atoms with E-state index in [1.165, 1.54) is 0 Å². The molecule has 0 unspecified atom stereocenters. The molecule has 0 bridgehead atoms. The fourth-order valence-corrected chi connectivity index (χ4v) is 3.96. The highest BCUT2D eigenvalue weighted by Gasteiger charge is 2.10. The van der Waals surface area contributed by atoms with E-state index in [1.54, 1.807) is 54.9 Å². The number of benzene rings is 2. The van der Waals surface area contributed by atoms with Crippen molar-refractivity contribution in [3.8, 4) is 21.8 Å². The van der Waals surface area contributed by atoms with Crippen LogP contribution < -0.4 is 5.32 Å². The van der Waals surface area contributed by atoms with Crippen LogP contribution in [0, 0.1) is 0 Å². The predicted molar refractivity (Wildman–Crippen MR) is 126 cm³/mol. The summed E-state index contributed by atoms with van der Waals surface area (Å²) in [4.78, 5) is 32.9. The van der Waals surface area contributed by atoms with Crippen LogP contribution in [0.25, 0.3) is 21.8 Å². The normalized spacial score (nSPS) is 10.5. The van der Waals surface area contributed by atoms with Gasteiger partial charge in [-0.15, -0.1) is 11.3 Å². The number of pyridine rings is 1. The van der Waals surface area contributed by atoms with E-state index in [4.69, 9.17) is 9.72 Å². The van der Waals surface area contributed by atoms with Gasteiger partial charge in [0.2, 0.25) is 5.91 Å². The lowest BCUT2D eigenvalue weighted by atomic mass is 10.1. The van der Waals surface area contributed by atoms with E-state index in [-0.39, 0.29) is 18.3 Å².